The molecule has 0 amide bonds. The van der Waals surface area contributed by atoms with Crippen LogP contribution in [0.5, 0.6) is 0 Å². The van der Waals surface area contributed by atoms with E-state index in [-0.39, 0.29) is 29.0 Å². The zero-order chi connectivity index (χ0) is 26.2. The molecule has 0 heterocycles. The molecule has 4 aliphatic carbocycles. The highest BCUT2D eigenvalue weighted by Gasteiger charge is 2.66. The summed E-state index contributed by atoms with van der Waals surface area (Å²) in [5.74, 6) is 2.38. The number of carbonyl (C=O) groups is 1. The van der Waals surface area contributed by atoms with Crippen molar-refractivity contribution >= 4 is 30.7 Å². The standard InChI is InChI=1S/C28H54O4Si3/c1-27-15-14-20(30-33(3,4)5)16-19(27)12-13-21-22-17-24(31-34(6,7)8)26(32-35(9,10)11)28(22,2)18-23(29)25(21)27/h19-22,24-26H,12-18H2,1-11H3/t19?,20-,21?,22?,24-,25?,26+,27?,28?/m1/s1. The Morgan fingerprint density at radius 3 is 1.91 bits per heavy atom. The normalized spacial score (nSPS) is 44.5. The summed E-state index contributed by atoms with van der Waals surface area (Å²) >= 11 is 0. The fraction of sp³-hybridized carbons (Fsp3) is 0.964. The summed E-state index contributed by atoms with van der Waals surface area (Å²) in [5, 5.41) is 0. The van der Waals surface area contributed by atoms with Crippen molar-refractivity contribution in [2.24, 2.45) is 34.5 Å². The Morgan fingerprint density at radius 1 is 0.743 bits per heavy atom. The van der Waals surface area contributed by atoms with E-state index in [9.17, 15) is 4.79 Å². The van der Waals surface area contributed by atoms with Gasteiger partial charge in [0.25, 0.3) is 0 Å². The van der Waals surface area contributed by atoms with Gasteiger partial charge in [-0.3, -0.25) is 4.79 Å². The summed E-state index contributed by atoms with van der Waals surface area (Å²) in [4.78, 5) is 14.1. The van der Waals surface area contributed by atoms with Crippen molar-refractivity contribution < 1.29 is 18.1 Å². The second-order valence-electron chi connectivity index (χ2n) is 16.0. The number of hydrogen-bond acceptors (Lipinski definition) is 4. The predicted molar refractivity (Wildman–Crippen MR) is 152 cm³/mol. The van der Waals surface area contributed by atoms with Gasteiger partial charge in [0.15, 0.2) is 25.0 Å². The molecule has 0 N–H and O–H groups in total. The highest BCUT2D eigenvalue weighted by molar-refractivity contribution is 6.70. The Morgan fingerprint density at radius 2 is 1.34 bits per heavy atom. The first-order valence-electron chi connectivity index (χ1n) is 14.4. The molecule has 4 nitrogen and oxygen atoms in total. The molecular weight excluding hydrogens is 485 g/mol. The largest absolute Gasteiger partial charge is 0.415 e. The lowest BCUT2D eigenvalue weighted by atomic mass is 9.44. The van der Waals surface area contributed by atoms with Crippen molar-refractivity contribution in [1.82, 2.24) is 0 Å². The average molecular weight is 539 g/mol. The van der Waals surface area contributed by atoms with Gasteiger partial charge in [-0.05, 0) is 121 Å². The van der Waals surface area contributed by atoms with E-state index in [0.717, 1.165) is 25.7 Å². The van der Waals surface area contributed by atoms with Gasteiger partial charge >= 0.3 is 0 Å². The lowest BCUT2D eigenvalue weighted by Crippen LogP contribution is -2.59. The Kier molecular flexibility index (Phi) is 7.37. The summed E-state index contributed by atoms with van der Waals surface area (Å²) in [6, 6.07) is 0. The Bertz CT molecular complexity index is 812. The SMILES string of the molecule is CC12CC[C@@H](O[Si](C)(C)C)CC1CCC1C2C(=O)CC2(C)C1C[C@@H](O[Si](C)(C)C)[C@@H]2O[Si](C)(C)C. The summed E-state index contributed by atoms with van der Waals surface area (Å²) in [6.45, 7) is 25.5. The number of hydrogen-bond donors (Lipinski definition) is 0. The molecular formula is C28H54O4Si3. The zero-order valence-corrected chi connectivity index (χ0v) is 27.6. The van der Waals surface area contributed by atoms with Crippen LogP contribution in [-0.4, -0.2) is 49.0 Å². The summed E-state index contributed by atoms with van der Waals surface area (Å²) < 4.78 is 20.3. The Labute approximate surface area is 219 Å². The van der Waals surface area contributed by atoms with E-state index in [1.807, 2.05) is 0 Å². The molecule has 0 aromatic carbocycles. The van der Waals surface area contributed by atoms with Crippen LogP contribution in [0.15, 0.2) is 0 Å². The van der Waals surface area contributed by atoms with E-state index in [1.54, 1.807) is 0 Å². The highest BCUT2D eigenvalue weighted by Crippen LogP contribution is 2.66. The van der Waals surface area contributed by atoms with Crippen LogP contribution in [0.4, 0.5) is 0 Å². The fourth-order valence-corrected chi connectivity index (χ4v) is 12.3. The van der Waals surface area contributed by atoms with Crippen LogP contribution in [0.1, 0.15) is 58.8 Å². The first kappa shape index (κ1) is 28.2. The van der Waals surface area contributed by atoms with Gasteiger partial charge in [-0.15, -0.1) is 0 Å². The molecule has 4 fully saturated rings. The third kappa shape index (κ3) is 5.65. The number of ketones is 1. The second kappa shape index (κ2) is 9.15. The lowest BCUT2D eigenvalue weighted by Gasteiger charge is -2.60. The summed E-state index contributed by atoms with van der Waals surface area (Å²) in [6.07, 6.45) is 8.22. The van der Waals surface area contributed by atoms with Crippen LogP contribution in [-0.2, 0) is 18.1 Å². The van der Waals surface area contributed by atoms with Crippen molar-refractivity contribution in [2.75, 3.05) is 0 Å². The smallest absolute Gasteiger partial charge is 0.184 e. The van der Waals surface area contributed by atoms with E-state index in [0.29, 0.717) is 36.1 Å². The maximum Gasteiger partial charge on any atom is 0.184 e. The Balaban J connectivity index is 1.61. The van der Waals surface area contributed by atoms with E-state index >= 15 is 0 Å². The summed E-state index contributed by atoms with van der Waals surface area (Å²) in [7, 11) is -5.06. The number of Topliss-reactive ketones (excluding diaryl/α,β-unsaturated/α-hetero) is 1. The number of carbonyl (C=O) groups excluding carboxylic acids is 1. The number of rotatable bonds is 6. The topological polar surface area (TPSA) is 44.8 Å². The molecule has 0 bridgehead atoms. The minimum absolute atomic E-state index is 0.0576. The molecule has 0 aromatic heterocycles. The molecule has 0 aromatic rings. The molecule has 0 spiro atoms. The van der Waals surface area contributed by atoms with Crippen LogP contribution in [0.3, 0.4) is 0 Å². The van der Waals surface area contributed by atoms with Crippen molar-refractivity contribution in [3.05, 3.63) is 0 Å². The first-order valence-corrected chi connectivity index (χ1v) is 24.6. The van der Waals surface area contributed by atoms with Gasteiger partial charge in [0.1, 0.15) is 5.78 Å². The van der Waals surface area contributed by atoms with Crippen LogP contribution in [0.2, 0.25) is 58.9 Å². The molecule has 4 saturated carbocycles. The van der Waals surface area contributed by atoms with Crippen LogP contribution in [0.25, 0.3) is 0 Å². The molecule has 0 aliphatic heterocycles. The second-order valence-corrected chi connectivity index (χ2v) is 29.3. The summed E-state index contributed by atoms with van der Waals surface area (Å²) in [5.41, 5.74) is 0.0394. The van der Waals surface area contributed by atoms with Crippen molar-refractivity contribution in [3.63, 3.8) is 0 Å². The molecule has 202 valence electrons. The maximum absolute atomic E-state index is 14.1. The van der Waals surface area contributed by atoms with E-state index in [1.165, 1.54) is 12.8 Å². The molecule has 7 heteroatoms. The molecule has 6 unspecified atom stereocenters. The van der Waals surface area contributed by atoms with Crippen LogP contribution >= 0.6 is 0 Å². The van der Waals surface area contributed by atoms with Gasteiger partial charge < -0.3 is 13.3 Å². The Hall–Kier alpha value is 0.201. The molecule has 35 heavy (non-hydrogen) atoms. The van der Waals surface area contributed by atoms with Gasteiger partial charge in [0.2, 0.25) is 0 Å². The minimum atomic E-state index is -1.79. The van der Waals surface area contributed by atoms with Gasteiger partial charge in [0, 0.05) is 23.9 Å². The lowest BCUT2D eigenvalue weighted by molar-refractivity contribution is -0.163. The predicted octanol–water partition coefficient (Wildman–Crippen LogP) is 7.48. The maximum atomic E-state index is 14.1. The first-order chi connectivity index (χ1) is 15.8. The monoisotopic (exact) mass is 538 g/mol. The molecule has 0 saturated heterocycles. The van der Waals surface area contributed by atoms with Crippen LogP contribution < -0.4 is 0 Å². The van der Waals surface area contributed by atoms with Gasteiger partial charge in [-0.1, -0.05) is 13.8 Å². The fourth-order valence-electron chi connectivity index (χ4n) is 8.75. The van der Waals surface area contributed by atoms with E-state index in [2.05, 4.69) is 72.8 Å². The third-order valence-corrected chi connectivity index (χ3v) is 12.7. The molecule has 0 radical (unpaired) electrons. The third-order valence-electron chi connectivity index (χ3n) is 9.72. The minimum Gasteiger partial charge on any atom is -0.415 e. The van der Waals surface area contributed by atoms with Gasteiger partial charge in [-0.25, -0.2) is 0 Å². The zero-order valence-electron chi connectivity index (χ0n) is 24.6. The number of fused-ring (bicyclic) bond motifs is 5. The van der Waals surface area contributed by atoms with Gasteiger partial charge in [0.05, 0.1) is 12.2 Å². The molecule has 4 aliphatic rings. The quantitative estimate of drug-likeness (QED) is 0.329. The van der Waals surface area contributed by atoms with E-state index < -0.39 is 25.0 Å². The van der Waals surface area contributed by atoms with E-state index in [4.69, 9.17) is 13.3 Å². The van der Waals surface area contributed by atoms with Crippen molar-refractivity contribution in [1.29, 1.82) is 0 Å². The van der Waals surface area contributed by atoms with Gasteiger partial charge in [-0.2, -0.15) is 0 Å². The van der Waals surface area contributed by atoms with Crippen molar-refractivity contribution in [2.45, 2.75) is 136 Å². The highest BCUT2D eigenvalue weighted by atomic mass is 28.4. The van der Waals surface area contributed by atoms with Crippen LogP contribution in [0, 0.1) is 34.5 Å². The molecule has 9 atom stereocenters. The van der Waals surface area contributed by atoms with Crippen molar-refractivity contribution in [3.8, 4) is 0 Å². The average Bonchev–Trinajstić information content (AvgIpc) is 2.89. The molecule has 4 rings (SSSR count).